The minimum absolute atomic E-state index is 0.0423. The summed E-state index contributed by atoms with van der Waals surface area (Å²) in [6.07, 6.45) is 1.17. The summed E-state index contributed by atoms with van der Waals surface area (Å²) < 4.78 is 9.54. The van der Waals surface area contributed by atoms with E-state index in [1.54, 1.807) is 12.1 Å². The summed E-state index contributed by atoms with van der Waals surface area (Å²) in [4.78, 5) is 21.4. The van der Waals surface area contributed by atoms with E-state index < -0.39 is 4.92 Å². The fraction of sp³-hybridized carbons (Fsp3) is 0.417. The Balaban J connectivity index is 2.78. The van der Waals surface area contributed by atoms with Crippen LogP contribution in [-0.2, 0) is 16.0 Å². The molecule has 1 rings (SSSR count). The SMILES string of the molecule is COC(=O)CCCc1cc(OC)ccc1[N+](=O)[O-]. The Labute approximate surface area is 105 Å². The van der Waals surface area contributed by atoms with Crippen LogP contribution in [0.5, 0.6) is 5.75 Å². The number of hydrogen-bond acceptors (Lipinski definition) is 5. The summed E-state index contributed by atoms with van der Waals surface area (Å²) in [5.41, 5.74) is 0.601. The summed E-state index contributed by atoms with van der Waals surface area (Å²) in [6.45, 7) is 0. The van der Waals surface area contributed by atoms with Crippen LogP contribution in [0.1, 0.15) is 18.4 Å². The van der Waals surface area contributed by atoms with E-state index in [1.165, 1.54) is 20.3 Å². The van der Waals surface area contributed by atoms with E-state index >= 15 is 0 Å². The van der Waals surface area contributed by atoms with Gasteiger partial charge in [-0.3, -0.25) is 14.9 Å². The van der Waals surface area contributed by atoms with E-state index in [4.69, 9.17) is 4.74 Å². The number of methoxy groups -OCH3 is 2. The van der Waals surface area contributed by atoms with Crippen LogP contribution in [-0.4, -0.2) is 25.1 Å². The fourth-order valence-corrected chi connectivity index (χ4v) is 1.59. The Morgan fingerprint density at radius 1 is 1.39 bits per heavy atom. The van der Waals surface area contributed by atoms with Crippen molar-refractivity contribution >= 4 is 11.7 Å². The van der Waals surface area contributed by atoms with E-state index in [1.807, 2.05) is 0 Å². The van der Waals surface area contributed by atoms with Gasteiger partial charge in [-0.1, -0.05) is 0 Å². The van der Waals surface area contributed by atoms with Gasteiger partial charge in [-0.25, -0.2) is 0 Å². The highest BCUT2D eigenvalue weighted by atomic mass is 16.6. The van der Waals surface area contributed by atoms with Crippen molar-refractivity contribution in [3.05, 3.63) is 33.9 Å². The number of nitrogens with zero attached hydrogens (tertiary/aromatic N) is 1. The lowest BCUT2D eigenvalue weighted by Crippen LogP contribution is -2.02. The van der Waals surface area contributed by atoms with Crippen LogP contribution >= 0.6 is 0 Å². The molecule has 0 saturated heterocycles. The highest BCUT2D eigenvalue weighted by Crippen LogP contribution is 2.25. The van der Waals surface area contributed by atoms with Crippen LogP contribution in [0.4, 0.5) is 5.69 Å². The van der Waals surface area contributed by atoms with Gasteiger partial charge in [0, 0.05) is 18.1 Å². The second-order valence-corrected chi connectivity index (χ2v) is 3.68. The number of rotatable bonds is 6. The zero-order valence-corrected chi connectivity index (χ0v) is 10.3. The minimum atomic E-state index is -0.438. The summed E-state index contributed by atoms with van der Waals surface area (Å²) in [5.74, 6) is 0.245. The number of esters is 1. The van der Waals surface area contributed by atoms with Gasteiger partial charge in [-0.05, 0) is 25.0 Å². The third-order valence-corrected chi connectivity index (χ3v) is 2.54. The van der Waals surface area contributed by atoms with Crippen molar-refractivity contribution in [3.8, 4) is 5.75 Å². The molecule has 1 aromatic rings. The molecule has 0 aliphatic rings. The molecule has 0 atom stereocenters. The lowest BCUT2D eigenvalue weighted by molar-refractivity contribution is -0.385. The molecule has 0 bridgehead atoms. The van der Waals surface area contributed by atoms with Gasteiger partial charge in [0.25, 0.3) is 5.69 Å². The molecule has 0 aromatic heterocycles. The number of carbonyl (C=O) groups is 1. The van der Waals surface area contributed by atoms with Crippen molar-refractivity contribution in [2.24, 2.45) is 0 Å². The first-order valence-corrected chi connectivity index (χ1v) is 5.46. The first-order chi connectivity index (χ1) is 8.58. The third-order valence-electron chi connectivity index (χ3n) is 2.54. The highest BCUT2D eigenvalue weighted by molar-refractivity contribution is 5.69. The Kier molecular flexibility index (Phi) is 5.10. The van der Waals surface area contributed by atoms with Gasteiger partial charge in [-0.2, -0.15) is 0 Å². The van der Waals surface area contributed by atoms with Crippen molar-refractivity contribution in [1.29, 1.82) is 0 Å². The molecule has 0 radical (unpaired) electrons. The van der Waals surface area contributed by atoms with E-state index in [2.05, 4.69) is 4.74 Å². The lowest BCUT2D eigenvalue weighted by atomic mass is 10.1. The monoisotopic (exact) mass is 253 g/mol. The molecule has 0 fully saturated rings. The molecule has 0 amide bonds. The van der Waals surface area contributed by atoms with Crippen molar-refractivity contribution in [1.82, 2.24) is 0 Å². The van der Waals surface area contributed by atoms with E-state index in [0.717, 1.165) is 0 Å². The fourth-order valence-electron chi connectivity index (χ4n) is 1.59. The lowest BCUT2D eigenvalue weighted by Gasteiger charge is -2.05. The average molecular weight is 253 g/mol. The Bertz CT molecular complexity index is 444. The van der Waals surface area contributed by atoms with Gasteiger partial charge < -0.3 is 9.47 Å². The maximum absolute atomic E-state index is 11.0. The standard InChI is InChI=1S/C12H15NO5/c1-17-10-6-7-11(13(15)16)9(8-10)4-3-5-12(14)18-2/h6-8H,3-5H2,1-2H3. The predicted molar refractivity (Wildman–Crippen MR) is 64.6 cm³/mol. The smallest absolute Gasteiger partial charge is 0.305 e. The van der Waals surface area contributed by atoms with Crippen molar-refractivity contribution in [3.63, 3.8) is 0 Å². The third kappa shape index (κ3) is 3.73. The van der Waals surface area contributed by atoms with Crippen molar-refractivity contribution in [2.45, 2.75) is 19.3 Å². The number of ether oxygens (including phenoxy) is 2. The van der Waals surface area contributed by atoms with Crippen molar-refractivity contribution in [2.75, 3.05) is 14.2 Å². The molecule has 0 saturated carbocycles. The molecule has 6 heteroatoms. The zero-order valence-electron chi connectivity index (χ0n) is 10.3. The molecule has 0 unspecified atom stereocenters. The number of benzene rings is 1. The summed E-state index contributed by atoms with van der Waals surface area (Å²) >= 11 is 0. The van der Waals surface area contributed by atoms with Crippen LogP contribution in [0.15, 0.2) is 18.2 Å². The number of hydrogen-bond donors (Lipinski definition) is 0. The Hall–Kier alpha value is -2.11. The first-order valence-electron chi connectivity index (χ1n) is 5.46. The quantitative estimate of drug-likeness (QED) is 0.440. The number of aryl methyl sites for hydroxylation is 1. The molecular formula is C12H15NO5. The molecule has 6 nitrogen and oxygen atoms in total. The van der Waals surface area contributed by atoms with Crippen LogP contribution in [0.3, 0.4) is 0 Å². The Morgan fingerprint density at radius 3 is 2.67 bits per heavy atom. The molecule has 0 spiro atoms. The first kappa shape index (κ1) is 14.0. The second-order valence-electron chi connectivity index (χ2n) is 3.68. The molecule has 18 heavy (non-hydrogen) atoms. The molecular weight excluding hydrogens is 238 g/mol. The largest absolute Gasteiger partial charge is 0.497 e. The topological polar surface area (TPSA) is 78.7 Å². The van der Waals surface area contributed by atoms with Gasteiger partial charge in [0.1, 0.15) is 5.75 Å². The number of nitro benzene ring substituents is 1. The van der Waals surface area contributed by atoms with Gasteiger partial charge in [-0.15, -0.1) is 0 Å². The van der Waals surface area contributed by atoms with Gasteiger partial charge >= 0.3 is 5.97 Å². The van der Waals surface area contributed by atoms with Gasteiger partial charge in [0.05, 0.1) is 19.1 Å². The van der Waals surface area contributed by atoms with Crippen molar-refractivity contribution < 1.29 is 19.2 Å². The van der Waals surface area contributed by atoms with E-state index in [0.29, 0.717) is 24.2 Å². The molecule has 0 aliphatic heterocycles. The number of nitro groups is 1. The molecule has 0 N–H and O–H groups in total. The summed E-state index contributed by atoms with van der Waals surface area (Å²) in [6, 6.07) is 4.57. The highest BCUT2D eigenvalue weighted by Gasteiger charge is 2.14. The second kappa shape index (κ2) is 6.58. The Morgan fingerprint density at radius 2 is 2.11 bits per heavy atom. The van der Waals surface area contributed by atoms with Gasteiger partial charge in [0.2, 0.25) is 0 Å². The molecule has 98 valence electrons. The molecule has 0 aliphatic carbocycles. The van der Waals surface area contributed by atoms with Crippen LogP contribution < -0.4 is 4.74 Å². The summed E-state index contributed by atoms with van der Waals surface area (Å²) in [7, 11) is 2.82. The van der Waals surface area contributed by atoms with E-state index in [9.17, 15) is 14.9 Å². The zero-order chi connectivity index (χ0) is 13.5. The molecule has 0 heterocycles. The van der Waals surface area contributed by atoms with E-state index in [-0.39, 0.29) is 18.1 Å². The summed E-state index contributed by atoms with van der Waals surface area (Å²) in [5, 5.41) is 10.8. The van der Waals surface area contributed by atoms with Gasteiger partial charge in [0.15, 0.2) is 0 Å². The van der Waals surface area contributed by atoms with Crippen LogP contribution in [0.25, 0.3) is 0 Å². The minimum Gasteiger partial charge on any atom is -0.497 e. The maximum Gasteiger partial charge on any atom is 0.305 e. The number of carbonyl (C=O) groups excluding carboxylic acids is 1. The maximum atomic E-state index is 11.0. The van der Waals surface area contributed by atoms with Crippen LogP contribution in [0, 0.1) is 10.1 Å². The normalized spacial score (nSPS) is 9.89. The molecule has 1 aromatic carbocycles. The predicted octanol–water partition coefficient (Wildman–Crippen LogP) is 2.10. The van der Waals surface area contributed by atoms with Crippen LogP contribution in [0.2, 0.25) is 0 Å². The average Bonchev–Trinajstić information content (AvgIpc) is 2.37.